The quantitative estimate of drug-likeness (QED) is 0.0177. The molecule has 0 saturated heterocycles. The van der Waals surface area contributed by atoms with Gasteiger partial charge in [-0.05, 0) is 139 Å². The Morgan fingerprint density at radius 2 is 1.17 bits per heavy atom. The summed E-state index contributed by atoms with van der Waals surface area (Å²) in [5.41, 5.74) is 8.69. The third-order valence-electron chi connectivity index (χ3n) is 15.1. The molecule has 0 radical (unpaired) electrons. The van der Waals surface area contributed by atoms with Crippen molar-refractivity contribution in [2.24, 2.45) is 4.99 Å². The highest BCUT2D eigenvalue weighted by Crippen LogP contribution is 2.26. The van der Waals surface area contributed by atoms with E-state index in [1.807, 2.05) is 136 Å². The van der Waals surface area contributed by atoms with Gasteiger partial charge in [0.05, 0.1) is 26.2 Å². The van der Waals surface area contributed by atoms with Crippen molar-refractivity contribution in [2.45, 2.75) is 81.1 Å². The number of carbonyl (C=O) groups excluding carboxylic acids is 3. The minimum absolute atomic E-state index is 0.0205. The smallest absolute Gasteiger partial charge is 0.348 e. The van der Waals surface area contributed by atoms with Crippen LogP contribution in [0.3, 0.4) is 0 Å². The van der Waals surface area contributed by atoms with E-state index < -0.39 is 36.1 Å². The number of sulfone groups is 2. The molecule has 18 heteroatoms. The first-order valence-corrected chi connectivity index (χ1v) is 36.1. The number of fused-ring (bicyclic) bond motifs is 2. The maximum atomic E-state index is 12.7. The maximum absolute atomic E-state index is 12.7. The lowest BCUT2D eigenvalue weighted by Gasteiger charge is -2.08. The average Bonchev–Trinajstić information content (AvgIpc) is 0.853. The number of ketones is 1. The molecule has 1 amide bonds. The van der Waals surface area contributed by atoms with E-state index in [0.29, 0.717) is 16.0 Å². The molecule has 0 atom stereocenters. The van der Waals surface area contributed by atoms with Crippen molar-refractivity contribution in [3.05, 3.63) is 318 Å². The third-order valence-corrected chi connectivity index (χ3v) is 20.0. The molecule has 1 N–H and O–H groups in total. The van der Waals surface area contributed by atoms with E-state index >= 15 is 0 Å². The minimum Gasteiger partial charge on any atom is -0.422 e. The molecule has 10 aromatic carbocycles. The third kappa shape index (κ3) is 21.7. The predicted octanol–water partition coefficient (Wildman–Crippen LogP) is 18.7. The van der Waals surface area contributed by atoms with Crippen LogP contribution in [-0.4, -0.2) is 56.6 Å². The van der Waals surface area contributed by atoms with E-state index in [1.54, 1.807) is 54.6 Å². The fourth-order valence-electron chi connectivity index (χ4n) is 9.96. The Labute approximate surface area is 572 Å². The standard InChI is InChI=1S/C21H19NO.C20H15BrN2O5S.C20H18O2S.C17H20O3S/c1-15-6-5-9-20(12-15)21(23)14-22-16(2)18-11-10-17-7-3-4-8-19(17)13-18;21-16-9-7-14(8-10-16)13-29(27,28)19-6-1-3-15(11-19)20(24)22-17-4-2-5-18(12-17)23(25)26;1-16-6-5-7-17(14-16)15-23(21,22)20-12-10-19(11-13-20)18-8-3-2-4-9-18;1-2-3-4-5-8-11-21-17(19)14-12-13-9-6-7-10-15(13)20-16(14)18/h3-13H,14H2,1-2H3;1-12H,13H2,(H,22,24);2-14H,15H2,1H3;6-7,9-10,12H,2-5,8,11H2,1H3. The number of nitrogens with one attached hydrogen (secondary N) is 1. The Balaban J connectivity index is 0.000000165. The number of thioether (sulfide) groups is 1. The number of hydrogen-bond acceptors (Lipinski definition) is 13. The van der Waals surface area contributed by atoms with E-state index in [-0.39, 0.29) is 56.3 Å². The monoisotopic (exact) mass is 1400 g/mol. The first kappa shape index (κ1) is 72.1. The molecule has 0 aliphatic carbocycles. The second-order valence-electron chi connectivity index (χ2n) is 22.6. The van der Waals surface area contributed by atoms with Gasteiger partial charge < -0.3 is 9.73 Å². The summed E-state index contributed by atoms with van der Waals surface area (Å²) in [4.78, 5) is 63.8. The van der Waals surface area contributed by atoms with Crippen LogP contribution in [-0.2, 0) is 31.2 Å². The van der Waals surface area contributed by atoms with Crippen molar-refractivity contribution in [3.8, 4) is 11.1 Å². The minimum atomic E-state index is -3.66. The van der Waals surface area contributed by atoms with Crippen LogP contribution >= 0.6 is 27.7 Å². The molecule has 14 nitrogen and oxygen atoms in total. The van der Waals surface area contributed by atoms with Gasteiger partial charge in [-0.1, -0.05) is 235 Å². The van der Waals surface area contributed by atoms with Crippen LogP contribution in [0, 0.1) is 24.0 Å². The van der Waals surface area contributed by atoms with E-state index in [0.717, 1.165) is 73.1 Å². The summed E-state index contributed by atoms with van der Waals surface area (Å²) < 4.78 is 56.6. The number of Topliss-reactive ketones (excluding diaryl/α,β-unsaturated/α-hetero) is 1. The summed E-state index contributed by atoms with van der Waals surface area (Å²) in [6.07, 6.45) is 5.82. The van der Waals surface area contributed by atoms with Crippen LogP contribution in [0.5, 0.6) is 0 Å². The number of benzene rings is 10. The topological polar surface area (TPSA) is 217 Å². The van der Waals surface area contributed by atoms with E-state index in [4.69, 9.17) is 4.42 Å². The van der Waals surface area contributed by atoms with E-state index in [2.05, 4.69) is 63.5 Å². The number of aliphatic imine (C=N–C) groups is 1. The number of aryl methyl sites for hydroxylation is 2. The second-order valence-corrected chi connectivity index (χ2v) is 28.6. The van der Waals surface area contributed by atoms with Gasteiger partial charge in [0.25, 0.3) is 11.6 Å². The lowest BCUT2D eigenvalue weighted by molar-refractivity contribution is -0.384. The Hall–Kier alpha value is -9.72. The zero-order valence-electron chi connectivity index (χ0n) is 53.5. The number of non-ortho nitro benzene ring substituents is 1. The Kier molecular flexibility index (Phi) is 26.4. The number of carbonyl (C=O) groups is 3. The molecule has 0 unspecified atom stereocenters. The summed E-state index contributed by atoms with van der Waals surface area (Å²) in [6, 6.07) is 73.7. The molecular formula is C78H72BrN3O11S3. The van der Waals surface area contributed by atoms with Crippen LogP contribution in [0.4, 0.5) is 11.4 Å². The van der Waals surface area contributed by atoms with Crippen LogP contribution in [0.1, 0.15) is 105 Å². The first-order chi connectivity index (χ1) is 46.1. The van der Waals surface area contributed by atoms with Gasteiger partial charge in [0.15, 0.2) is 25.5 Å². The van der Waals surface area contributed by atoms with Crippen LogP contribution in [0.15, 0.2) is 277 Å². The highest BCUT2D eigenvalue weighted by molar-refractivity contribution is 9.10. The average molecular weight is 1400 g/mol. The fraction of sp³-hybridized carbons (Fsp3) is 0.167. The number of para-hydroxylation sites is 1. The molecule has 96 heavy (non-hydrogen) atoms. The molecule has 0 aliphatic heterocycles. The number of nitro benzene ring substituents is 1. The molecule has 1 aromatic heterocycles. The van der Waals surface area contributed by atoms with Crippen LogP contribution in [0.25, 0.3) is 32.9 Å². The molecule has 1 heterocycles. The van der Waals surface area contributed by atoms with Gasteiger partial charge in [0.1, 0.15) is 17.7 Å². The Bertz CT molecular complexity index is 4850. The summed E-state index contributed by atoms with van der Waals surface area (Å²) in [5.74, 6) is 0.0738. The maximum Gasteiger partial charge on any atom is 0.348 e. The van der Waals surface area contributed by atoms with E-state index in [9.17, 15) is 46.1 Å². The number of nitro groups is 1. The van der Waals surface area contributed by atoms with Gasteiger partial charge in [0.2, 0.25) is 5.12 Å². The molecule has 11 aromatic rings. The van der Waals surface area contributed by atoms with Crippen molar-refractivity contribution in [2.75, 3.05) is 17.6 Å². The SMILES string of the molecule is CC(=NCC(=O)c1cccc(C)c1)c1ccc2ccccc2c1.CCCCCCCSC(=O)c1cc2ccccc2oc1=O.Cc1cccc(CS(=O)(=O)c2ccc(-c3ccccc3)cc2)c1.O=C(Nc1cccc([N+](=O)[O-])c1)c1cccc(S(=O)(=O)Cc2ccc(Br)cc2)c1. The molecule has 0 bridgehead atoms. The zero-order chi connectivity index (χ0) is 68.6. The summed E-state index contributed by atoms with van der Waals surface area (Å²) >= 11 is 4.52. The molecule has 0 spiro atoms. The summed E-state index contributed by atoms with van der Waals surface area (Å²) in [5, 5.41) is 16.4. The molecule has 0 fully saturated rings. The number of halogens is 1. The molecule has 490 valence electrons. The highest BCUT2D eigenvalue weighted by atomic mass is 79.9. The van der Waals surface area contributed by atoms with Gasteiger partial charge in [-0.2, -0.15) is 0 Å². The van der Waals surface area contributed by atoms with Crippen molar-refractivity contribution in [1.29, 1.82) is 0 Å². The number of hydrogen-bond donors (Lipinski definition) is 1. The van der Waals surface area contributed by atoms with Gasteiger partial charge in [-0.15, -0.1) is 0 Å². The first-order valence-electron chi connectivity index (χ1n) is 31.0. The largest absolute Gasteiger partial charge is 0.422 e. The lowest BCUT2D eigenvalue weighted by Crippen LogP contribution is -2.13. The van der Waals surface area contributed by atoms with Crippen molar-refractivity contribution >= 4 is 103 Å². The summed E-state index contributed by atoms with van der Waals surface area (Å²) in [7, 11) is -6.99. The highest BCUT2D eigenvalue weighted by Gasteiger charge is 2.20. The predicted molar refractivity (Wildman–Crippen MR) is 391 cm³/mol. The number of nitrogens with zero attached hydrogens (tertiary/aromatic N) is 2. The number of rotatable bonds is 21. The van der Waals surface area contributed by atoms with Crippen molar-refractivity contribution < 1.29 is 40.6 Å². The van der Waals surface area contributed by atoms with Gasteiger partial charge in [-0.3, -0.25) is 29.5 Å². The molecule has 0 saturated carbocycles. The molecule has 11 rings (SSSR count). The normalized spacial score (nSPS) is 11.2. The number of amides is 1. The summed E-state index contributed by atoms with van der Waals surface area (Å²) in [6.45, 7) is 8.26. The second kappa shape index (κ2) is 35.1. The zero-order valence-corrected chi connectivity index (χ0v) is 57.6. The van der Waals surface area contributed by atoms with E-state index in [1.165, 1.54) is 90.3 Å². The Morgan fingerprint density at radius 1 is 0.552 bits per heavy atom. The fourth-order valence-corrected chi connectivity index (χ4v) is 13.8. The van der Waals surface area contributed by atoms with Crippen LogP contribution in [0.2, 0.25) is 0 Å². The van der Waals surface area contributed by atoms with Gasteiger partial charge >= 0.3 is 5.63 Å². The van der Waals surface area contributed by atoms with Gasteiger partial charge in [-0.25, -0.2) is 21.6 Å². The number of anilines is 1. The molecular weight excluding hydrogens is 1330 g/mol. The Morgan fingerprint density at radius 3 is 1.88 bits per heavy atom. The lowest BCUT2D eigenvalue weighted by atomic mass is 10.0. The van der Waals surface area contributed by atoms with Crippen molar-refractivity contribution in [1.82, 2.24) is 0 Å². The van der Waals surface area contributed by atoms with Crippen LogP contribution < -0.4 is 10.9 Å². The molecule has 0 aliphatic rings. The van der Waals surface area contributed by atoms with Gasteiger partial charge in [0, 0.05) is 50.3 Å². The number of unbranched alkanes of at least 4 members (excludes halogenated alkanes) is 4. The van der Waals surface area contributed by atoms with Crippen molar-refractivity contribution in [3.63, 3.8) is 0 Å².